The molecule has 1 heterocycles. The Morgan fingerprint density at radius 3 is 2.26 bits per heavy atom. The first-order valence-electron chi connectivity index (χ1n) is 8.25. The van der Waals surface area contributed by atoms with Crippen molar-refractivity contribution in [1.82, 2.24) is 10.4 Å². The molecule has 2 saturated carbocycles. The number of hydrogen-bond acceptors (Lipinski definition) is 3. The fourth-order valence-electron chi connectivity index (χ4n) is 2.91. The monoisotopic (exact) mass is 356 g/mol. The summed E-state index contributed by atoms with van der Waals surface area (Å²) in [6.07, 6.45) is 22.2. The summed E-state index contributed by atoms with van der Waals surface area (Å²) in [7, 11) is 1.78. The first kappa shape index (κ1) is 21.4. The van der Waals surface area contributed by atoms with Crippen LogP contribution in [0.4, 0.5) is 0 Å². The number of hydrazine groups is 1. The molecule has 4 heteroatoms. The van der Waals surface area contributed by atoms with E-state index in [9.17, 15) is 0 Å². The minimum atomic E-state index is 0. The van der Waals surface area contributed by atoms with Crippen LogP contribution in [0.1, 0.15) is 26.2 Å². The zero-order valence-corrected chi connectivity index (χ0v) is 15.2. The predicted octanol–water partition coefficient (Wildman–Crippen LogP) is 2.80. The minimum absolute atomic E-state index is 0. The number of methoxy groups -OCH3 is 1. The van der Waals surface area contributed by atoms with E-state index < -0.39 is 0 Å². The van der Waals surface area contributed by atoms with Gasteiger partial charge in [0.05, 0.1) is 6.61 Å². The molecule has 10 radical (unpaired) electrons. The molecule has 2 aliphatic carbocycles. The number of nitrogens with zero attached hydrogens (tertiary/aromatic N) is 1. The molecule has 0 spiro atoms. The molecular formula is C19H28FeN2O+2. The molecule has 126 valence electrons. The number of ether oxygens (including phenoxy) is 1. The van der Waals surface area contributed by atoms with E-state index in [1.807, 2.05) is 32.1 Å². The van der Waals surface area contributed by atoms with Crippen LogP contribution < -0.4 is 5.43 Å². The summed E-state index contributed by atoms with van der Waals surface area (Å²) in [5.41, 5.74) is 3.66. The maximum atomic E-state index is 5.28. The molecule has 0 unspecified atom stereocenters. The summed E-state index contributed by atoms with van der Waals surface area (Å²) >= 11 is 0. The summed E-state index contributed by atoms with van der Waals surface area (Å²) in [4.78, 5) is 0. The van der Waals surface area contributed by atoms with Gasteiger partial charge in [-0.2, -0.15) is 0 Å². The normalized spacial score (nSPS) is 26.6. The summed E-state index contributed by atoms with van der Waals surface area (Å²) in [6, 6.07) is 0.964. The van der Waals surface area contributed by atoms with Crippen LogP contribution in [-0.2, 0) is 21.8 Å². The van der Waals surface area contributed by atoms with E-state index in [-0.39, 0.29) is 17.1 Å². The third-order valence-electron chi connectivity index (χ3n) is 4.11. The first-order valence-corrected chi connectivity index (χ1v) is 8.25. The third-order valence-corrected chi connectivity index (χ3v) is 4.11. The van der Waals surface area contributed by atoms with Gasteiger partial charge in [0, 0.05) is 31.7 Å². The van der Waals surface area contributed by atoms with Crippen molar-refractivity contribution in [3.63, 3.8) is 0 Å². The van der Waals surface area contributed by atoms with Crippen LogP contribution in [0.15, 0.2) is 0 Å². The van der Waals surface area contributed by atoms with Crippen molar-refractivity contribution in [2.75, 3.05) is 20.3 Å². The van der Waals surface area contributed by atoms with Crippen LogP contribution in [0.25, 0.3) is 0 Å². The second-order valence-corrected chi connectivity index (χ2v) is 5.72. The van der Waals surface area contributed by atoms with Crippen molar-refractivity contribution < 1.29 is 21.8 Å². The smallest absolute Gasteiger partial charge is 0.383 e. The minimum Gasteiger partial charge on any atom is -0.383 e. The second kappa shape index (κ2) is 12.7. The Hall–Kier alpha value is 0.399. The van der Waals surface area contributed by atoms with E-state index in [1.165, 1.54) is 18.8 Å². The SMILES string of the molecule is CC[C@@H](NN1CCC[C@H]1COC)[C]1[CH][CH][CH][CH]1.[CH]1[CH][CH][CH][CH]1.[Fe+2]. The average Bonchev–Trinajstić information content (AvgIpc) is 3.29. The predicted molar refractivity (Wildman–Crippen MR) is 90.8 cm³/mol. The van der Waals surface area contributed by atoms with E-state index in [0.717, 1.165) is 19.6 Å². The maximum Gasteiger partial charge on any atom is 2.00 e. The Morgan fingerprint density at radius 2 is 1.74 bits per heavy atom. The van der Waals surface area contributed by atoms with E-state index >= 15 is 0 Å². The van der Waals surface area contributed by atoms with Crippen LogP contribution in [-0.4, -0.2) is 37.4 Å². The summed E-state index contributed by atoms with van der Waals surface area (Å²) in [5, 5.41) is 2.37. The van der Waals surface area contributed by atoms with Gasteiger partial charge in [0.2, 0.25) is 0 Å². The molecule has 0 bridgehead atoms. The molecule has 0 aromatic carbocycles. The maximum absolute atomic E-state index is 5.28. The molecule has 3 rings (SSSR count). The van der Waals surface area contributed by atoms with Crippen molar-refractivity contribution in [3.05, 3.63) is 63.7 Å². The van der Waals surface area contributed by atoms with E-state index in [2.05, 4.69) is 43.0 Å². The fraction of sp³-hybridized carbons (Fsp3) is 0.474. The zero-order chi connectivity index (χ0) is 15.6. The van der Waals surface area contributed by atoms with Crippen molar-refractivity contribution in [2.24, 2.45) is 0 Å². The topological polar surface area (TPSA) is 24.5 Å². The van der Waals surface area contributed by atoms with E-state index in [4.69, 9.17) is 4.74 Å². The van der Waals surface area contributed by atoms with Crippen LogP contribution in [0.5, 0.6) is 0 Å². The Kier molecular flexibility index (Phi) is 11.9. The molecule has 0 aromatic heterocycles. The van der Waals surface area contributed by atoms with Gasteiger partial charge in [-0.25, -0.2) is 5.01 Å². The molecule has 0 aromatic rings. The molecule has 3 fully saturated rings. The summed E-state index contributed by atoms with van der Waals surface area (Å²) in [6.45, 7) is 4.18. The van der Waals surface area contributed by atoms with Gasteiger partial charge in [-0.1, -0.05) is 6.92 Å². The number of rotatable bonds is 6. The fourth-order valence-corrected chi connectivity index (χ4v) is 2.91. The Balaban J connectivity index is 0.000000377. The van der Waals surface area contributed by atoms with Crippen LogP contribution >= 0.6 is 0 Å². The number of nitrogens with one attached hydrogen (secondary N) is 1. The van der Waals surface area contributed by atoms with Crippen molar-refractivity contribution in [2.45, 2.75) is 38.3 Å². The Labute approximate surface area is 154 Å². The van der Waals surface area contributed by atoms with Gasteiger partial charge in [0.1, 0.15) is 0 Å². The van der Waals surface area contributed by atoms with Gasteiger partial charge in [0.25, 0.3) is 0 Å². The zero-order valence-electron chi connectivity index (χ0n) is 14.1. The van der Waals surface area contributed by atoms with Crippen molar-refractivity contribution >= 4 is 0 Å². The second-order valence-electron chi connectivity index (χ2n) is 5.72. The summed E-state index contributed by atoms with van der Waals surface area (Å²) in [5.74, 6) is 1.38. The Bertz CT molecular complexity index is 273. The van der Waals surface area contributed by atoms with Gasteiger partial charge in [-0.3, -0.25) is 5.43 Å². The number of hydrogen-bond donors (Lipinski definition) is 1. The molecule has 0 amide bonds. The van der Waals surface area contributed by atoms with Gasteiger partial charge in [-0.15, -0.1) is 0 Å². The molecule has 1 aliphatic heterocycles. The van der Waals surface area contributed by atoms with E-state index in [1.54, 1.807) is 7.11 Å². The van der Waals surface area contributed by atoms with Crippen LogP contribution in [0.2, 0.25) is 0 Å². The van der Waals surface area contributed by atoms with Crippen LogP contribution in [0.3, 0.4) is 0 Å². The van der Waals surface area contributed by atoms with Crippen LogP contribution in [0, 0.1) is 63.7 Å². The molecule has 1 N–H and O–H groups in total. The molecule has 3 nitrogen and oxygen atoms in total. The van der Waals surface area contributed by atoms with E-state index in [0.29, 0.717) is 12.1 Å². The average molecular weight is 356 g/mol. The van der Waals surface area contributed by atoms with Gasteiger partial charge in [-0.05, 0) is 77.0 Å². The molecule has 3 aliphatic rings. The molecule has 23 heavy (non-hydrogen) atoms. The van der Waals surface area contributed by atoms with Gasteiger partial charge >= 0.3 is 17.1 Å². The molecular weight excluding hydrogens is 328 g/mol. The van der Waals surface area contributed by atoms with Gasteiger partial charge in [0.15, 0.2) is 0 Å². The quantitative estimate of drug-likeness (QED) is 0.741. The van der Waals surface area contributed by atoms with Crippen molar-refractivity contribution in [3.8, 4) is 0 Å². The largest absolute Gasteiger partial charge is 2.00 e. The standard InChI is InChI=1S/C14H23N2O.C5H5.Fe/c1-3-14(12-7-4-5-8-12)15-16-10-6-9-13(16)11-17-2;1-2-4-5-3-1;/h4-5,7-8,13-15H,3,6,9-11H2,1-2H3;1-5H;/q;;+2/t13-,14+;;/m0../s1. The van der Waals surface area contributed by atoms with Crippen molar-refractivity contribution in [1.29, 1.82) is 0 Å². The first-order chi connectivity index (χ1) is 10.8. The molecule has 2 atom stereocenters. The molecule has 1 saturated heterocycles. The third kappa shape index (κ3) is 7.44. The Morgan fingerprint density at radius 1 is 1.13 bits per heavy atom. The van der Waals surface area contributed by atoms with Gasteiger partial charge < -0.3 is 4.74 Å². The summed E-state index contributed by atoms with van der Waals surface area (Å²) < 4.78 is 5.28.